The molecule has 28 heavy (non-hydrogen) atoms. The molecule has 150 valence electrons. The van der Waals surface area contributed by atoms with Crippen LogP contribution in [0.25, 0.3) is 0 Å². The fourth-order valence-electron chi connectivity index (χ4n) is 2.37. The lowest BCUT2D eigenvalue weighted by Crippen LogP contribution is -2.26. The molecule has 0 aliphatic heterocycles. The molecule has 0 spiro atoms. The standard InChI is InChI=1S/C19H23N3O5S/c1-5-27-19(24)22(3)16-10-8-15(9-11-16)20-18(23)14-7-6-13(2)17(12-14)21-28(4,25)26/h6-12,21H,5H2,1-4H3,(H,20,23). The molecule has 2 aromatic carbocycles. The number of carbonyl (C=O) groups is 2. The van der Waals surface area contributed by atoms with Crippen molar-refractivity contribution in [2.75, 3.05) is 34.8 Å². The first-order valence-corrected chi connectivity index (χ1v) is 10.4. The van der Waals surface area contributed by atoms with Gasteiger partial charge in [0.05, 0.1) is 18.6 Å². The lowest BCUT2D eigenvalue weighted by molar-refractivity contribution is 0.102. The van der Waals surface area contributed by atoms with Gasteiger partial charge in [-0.15, -0.1) is 0 Å². The Hall–Kier alpha value is -3.07. The Morgan fingerprint density at radius 3 is 2.32 bits per heavy atom. The summed E-state index contributed by atoms with van der Waals surface area (Å²) in [6.07, 6.45) is 0.582. The van der Waals surface area contributed by atoms with E-state index in [0.717, 1.165) is 6.26 Å². The number of carbonyl (C=O) groups excluding carboxylic acids is 2. The van der Waals surface area contributed by atoms with Crippen LogP contribution in [0.5, 0.6) is 0 Å². The molecule has 0 saturated heterocycles. The zero-order valence-corrected chi connectivity index (χ0v) is 17.0. The summed E-state index contributed by atoms with van der Waals surface area (Å²) >= 11 is 0. The number of aryl methyl sites for hydroxylation is 1. The molecule has 0 saturated carbocycles. The molecule has 2 N–H and O–H groups in total. The Morgan fingerprint density at radius 1 is 1.11 bits per heavy atom. The van der Waals surface area contributed by atoms with Crippen LogP contribution in [-0.2, 0) is 14.8 Å². The molecule has 0 radical (unpaired) electrons. The number of hydrogen-bond acceptors (Lipinski definition) is 5. The Labute approximate surface area is 164 Å². The topological polar surface area (TPSA) is 105 Å². The number of anilines is 3. The number of nitrogens with one attached hydrogen (secondary N) is 2. The SMILES string of the molecule is CCOC(=O)N(C)c1ccc(NC(=O)c2ccc(C)c(NS(C)(=O)=O)c2)cc1. The molecule has 2 rings (SSSR count). The van der Waals surface area contributed by atoms with E-state index in [1.807, 2.05) is 0 Å². The van der Waals surface area contributed by atoms with Crippen LogP contribution in [0.15, 0.2) is 42.5 Å². The first kappa shape index (κ1) is 21.2. The van der Waals surface area contributed by atoms with Crippen LogP contribution in [0.1, 0.15) is 22.8 Å². The third-order valence-electron chi connectivity index (χ3n) is 3.85. The van der Waals surface area contributed by atoms with Crippen molar-refractivity contribution < 1.29 is 22.7 Å². The summed E-state index contributed by atoms with van der Waals surface area (Å²) in [5, 5.41) is 2.74. The molecule has 0 aromatic heterocycles. The summed E-state index contributed by atoms with van der Waals surface area (Å²) in [6, 6.07) is 11.4. The third kappa shape index (κ3) is 5.71. The van der Waals surface area contributed by atoms with Crippen LogP contribution in [0.3, 0.4) is 0 Å². The van der Waals surface area contributed by atoms with E-state index in [1.165, 1.54) is 11.0 Å². The number of nitrogens with zero attached hydrogens (tertiary/aromatic N) is 1. The molecule has 9 heteroatoms. The highest BCUT2D eigenvalue weighted by Gasteiger charge is 2.13. The van der Waals surface area contributed by atoms with Gasteiger partial charge in [-0.05, 0) is 55.8 Å². The number of amides is 2. The fraction of sp³-hybridized carbons (Fsp3) is 0.263. The molecular weight excluding hydrogens is 382 g/mol. The Morgan fingerprint density at radius 2 is 1.75 bits per heavy atom. The van der Waals surface area contributed by atoms with Crippen molar-refractivity contribution in [1.82, 2.24) is 0 Å². The maximum absolute atomic E-state index is 12.5. The maximum Gasteiger partial charge on any atom is 0.413 e. The predicted octanol–water partition coefficient (Wildman–Crippen LogP) is 3.21. The minimum Gasteiger partial charge on any atom is -0.449 e. The molecule has 0 bridgehead atoms. The van der Waals surface area contributed by atoms with Crippen LogP contribution in [0, 0.1) is 6.92 Å². The van der Waals surface area contributed by atoms with Crippen molar-refractivity contribution in [2.45, 2.75) is 13.8 Å². The zero-order valence-electron chi connectivity index (χ0n) is 16.1. The molecule has 0 heterocycles. The Balaban J connectivity index is 2.13. The number of rotatable bonds is 6. The molecule has 2 aromatic rings. The highest BCUT2D eigenvalue weighted by atomic mass is 32.2. The van der Waals surface area contributed by atoms with Gasteiger partial charge in [-0.3, -0.25) is 14.4 Å². The zero-order chi connectivity index (χ0) is 20.9. The summed E-state index contributed by atoms with van der Waals surface area (Å²) in [6.45, 7) is 3.75. The maximum atomic E-state index is 12.5. The van der Waals surface area contributed by atoms with Crippen LogP contribution >= 0.6 is 0 Å². The van der Waals surface area contributed by atoms with Crippen molar-refractivity contribution in [3.63, 3.8) is 0 Å². The second-order valence-electron chi connectivity index (χ2n) is 6.16. The number of sulfonamides is 1. The molecule has 2 amide bonds. The Kier molecular flexibility index (Phi) is 6.63. The van der Waals surface area contributed by atoms with E-state index in [9.17, 15) is 18.0 Å². The smallest absolute Gasteiger partial charge is 0.413 e. The lowest BCUT2D eigenvalue weighted by atomic mass is 10.1. The quantitative estimate of drug-likeness (QED) is 0.768. The van der Waals surface area contributed by atoms with Crippen LogP contribution in [0.4, 0.5) is 21.9 Å². The van der Waals surface area contributed by atoms with Gasteiger partial charge < -0.3 is 10.1 Å². The number of hydrogen-bond donors (Lipinski definition) is 2. The van der Waals surface area contributed by atoms with Gasteiger partial charge >= 0.3 is 6.09 Å². The first-order valence-electron chi connectivity index (χ1n) is 8.51. The van der Waals surface area contributed by atoms with E-state index >= 15 is 0 Å². The fourth-order valence-corrected chi connectivity index (χ4v) is 2.99. The highest BCUT2D eigenvalue weighted by Crippen LogP contribution is 2.21. The summed E-state index contributed by atoms with van der Waals surface area (Å²) in [5.74, 6) is -0.386. The molecule has 0 unspecified atom stereocenters. The van der Waals surface area contributed by atoms with Crippen LogP contribution in [0.2, 0.25) is 0 Å². The van der Waals surface area contributed by atoms with Crippen molar-refractivity contribution >= 4 is 39.1 Å². The van der Waals surface area contributed by atoms with Gasteiger partial charge in [-0.1, -0.05) is 6.07 Å². The minimum absolute atomic E-state index is 0.282. The normalized spacial score (nSPS) is 10.9. The number of ether oxygens (including phenoxy) is 1. The van der Waals surface area contributed by atoms with Crippen LogP contribution < -0.4 is 14.9 Å². The van der Waals surface area contributed by atoms with Gasteiger partial charge in [0, 0.05) is 24.0 Å². The largest absolute Gasteiger partial charge is 0.449 e. The van der Waals surface area contributed by atoms with E-state index < -0.39 is 16.1 Å². The first-order chi connectivity index (χ1) is 13.1. The molecule has 0 fully saturated rings. The molecule has 0 aliphatic rings. The average molecular weight is 405 g/mol. The summed E-state index contributed by atoms with van der Waals surface area (Å²) < 4.78 is 30.2. The Bertz CT molecular complexity index is 972. The monoisotopic (exact) mass is 405 g/mol. The van der Waals surface area contributed by atoms with Gasteiger partial charge in [0.1, 0.15) is 0 Å². The molecular formula is C19H23N3O5S. The lowest BCUT2D eigenvalue weighted by Gasteiger charge is -2.17. The summed E-state index contributed by atoms with van der Waals surface area (Å²) in [4.78, 5) is 25.6. The highest BCUT2D eigenvalue weighted by molar-refractivity contribution is 7.92. The third-order valence-corrected chi connectivity index (χ3v) is 4.44. The van der Waals surface area contributed by atoms with Crippen molar-refractivity contribution in [3.05, 3.63) is 53.6 Å². The van der Waals surface area contributed by atoms with Gasteiger partial charge in [-0.25, -0.2) is 13.2 Å². The molecule has 8 nitrogen and oxygen atoms in total. The predicted molar refractivity (Wildman–Crippen MR) is 109 cm³/mol. The summed E-state index contributed by atoms with van der Waals surface area (Å²) in [5.41, 5.74) is 2.51. The minimum atomic E-state index is -3.45. The second kappa shape index (κ2) is 8.75. The van der Waals surface area contributed by atoms with Gasteiger partial charge in [0.2, 0.25) is 10.0 Å². The average Bonchev–Trinajstić information content (AvgIpc) is 2.62. The van der Waals surface area contributed by atoms with Gasteiger partial charge in [-0.2, -0.15) is 0 Å². The van der Waals surface area contributed by atoms with E-state index in [-0.39, 0.29) is 12.5 Å². The second-order valence-corrected chi connectivity index (χ2v) is 7.91. The van der Waals surface area contributed by atoms with E-state index in [2.05, 4.69) is 10.0 Å². The van der Waals surface area contributed by atoms with E-state index in [0.29, 0.717) is 28.2 Å². The van der Waals surface area contributed by atoms with Gasteiger partial charge in [0.25, 0.3) is 5.91 Å². The molecule has 0 aliphatic carbocycles. The molecule has 0 atom stereocenters. The van der Waals surface area contributed by atoms with E-state index in [1.54, 1.807) is 57.3 Å². The summed E-state index contributed by atoms with van der Waals surface area (Å²) in [7, 11) is -1.86. The van der Waals surface area contributed by atoms with Crippen LogP contribution in [-0.4, -0.2) is 40.3 Å². The number of benzene rings is 2. The van der Waals surface area contributed by atoms with Gasteiger partial charge in [0.15, 0.2) is 0 Å². The van der Waals surface area contributed by atoms with E-state index in [4.69, 9.17) is 4.74 Å². The van der Waals surface area contributed by atoms with Crippen molar-refractivity contribution in [1.29, 1.82) is 0 Å². The van der Waals surface area contributed by atoms with Crippen molar-refractivity contribution in [2.24, 2.45) is 0 Å². The van der Waals surface area contributed by atoms with Crippen molar-refractivity contribution in [3.8, 4) is 0 Å².